The molecule has 0 unspecified atom stereocenters. The van der Waals surface area contributed by atoms with Gasteiger partial charge < -0.3 is 29.7 Å². The van der Waals surface area contributed by atoms with Crippen LogP contribution in [0.4, 0.5) is 9.59 Å². The van der Waals surface area contributed by atoms with E-state index in [-0.39, 0.29) is 52.1 Å². The molecule has 2 saturated carbocycles. The maximum absolute atomic E-state index is 14.3. The molecule has 5 atom stereocenters. The summed E-state index contributed by atoms with van der Waals surface area (Å²) in [5.74, 6) is -2.73. The molecule has 278 valence electrons. The van der Waals surface area contributed by atoms with Gasteiger partial charge in [0.1, 0.15) is 29.3 Å². The number of rotatable bonds is 5. The fourth-order valence-corrected chi connectivity index (χ4v) is 8.35. The van der Waals surface area contributed by atoms with Gasteiger partial charge in [0.2, 0.25) is 21.8 Å². The van der Waals surface area contributed by atoms with Crippen LogP contribution in [-0.4, -0.2) is 102 Å². The minimum atomic E-state index is -3.93. The van der Waals surface area contributed by atoms with E-state index in [1.807, 2.05) is 6.07 Å². The minimum absolute atomic E-state index is 0.105. The van der Waals surface area contributed by atoms with Crippen molar-refractivity contribution in [1.29, 1.82) is 0 Å². The number of sulfonamides is 1. The average Bonchev–Trinajstić information content (AvgIpc) is 3.93. The molecule has 3 heterocycles. The molecule has 1 aromatic rings. The Kier molecular flexibility index (Phi) is 10.3. The van der Waals surface area contributed by atoms with Crippen molar-refractivity contribution in [3.8, 4) is 0 Å². The molecule has 0 radical (unpaired) electrons. The Labute approximate surface area is 301 Å². The number of carbonyl (C=O) groups excluding carboxylic acids is 5. The molecule has 3 fully saturated rings. The zero-order valence-electron chi connectivity index (χ0n) is 28.8. The molecule has 15 nitrogen and oxygen atoms in total. The molecular formula is C34H44ClN5O10S. The highest BCUT2D eigenvalue weighted by molar-refractivity contribution is 7.91. The molecule has 1 aromatic carbocycles. The lowest BCUT2D eigenvalue weighted by molar-refractivity contribution is -0.141. The number of ether oxygens (including phenoxy) is 3. The summed E-state index contributed by atoms with van der Waals surface area (Å²) in [7, 11) is -3.93. The summed E-state index contributed by atoms with van der Waals surface area (Å²) < 4.78 is 44.6. The topological polar surface area (TPSA) is 190 Å². The predicted molar refractivity (Wildman–Crippen MR) is 183 cm³/mol. The van der Waals surface area contributed by atoms with E-state index in [0.717, 1.165) is 11.1 Å². The van der Waals surface area contributed by atoms with E-state index < -0.39 is 80.4 Å². The summed E-state index contributed by atoms with van der Waals surface area (Å²) in [5.41, 5.74) is -0.744. The number of hydrogen-bond donors (Lipinski definition) is 3. The number of hydrogen-bond acceptors (Lipinski definition) is 10. The van der Waals surface area contributed by atoms with E-state index in [0.29, 0.717) is 24.3 Å². The van der Waals surface area contributed by atoms with Crippen molar-refractivity contribution >= 4 is 51.5 Å². The summed E-state index contributed by atoms with van der Waals surface area (Å²) in [6.45, 7) is 5.80. The number of alkyl carbamates (subject to hydrolysis) is 1. The van der Waals surface area contributed by atoms with Crippen molar-refractivity contribution in [3.63, 3.8) is 0 Å². The van der Waals surface area contributed by atoms with Crippen molar-refractivity contribution in [2.45, 2.75) is 107 Å². The Bertz CT molecular complexity index is 1730. The van der Waals surface area contributed by atoms with Crippen LogP contribution in [0.3, 0.4) is 0 Å². The number of halogens is 1. The van der Waals surface area contributed by atoms with Gasteiger partial charge in [-0.1, -0.05) is 35.9 Å². The van der Waals surface area contributed by atoms with Crippen LogP contribution in [0.25, 0.3) is 0 Å². The lowest BCUT2D eigenvalue weighted by Gasteiger charge is -2.30. The zero-order valence-corrected chi connectivity index (χ0v) is 30.4. The number of fused-ring (bicyclic) bond motifs is 3. The van der Waals surface area contributed by atoms with Gasteiger partial charge in [-0.05, 0) is 70.1 Å². The second-order valence-electron chi connectivity index (χ2n) is 14.8. The van der Waals surface area contributed by atoms with Gasteiger partial charge in [-0.2, -0.15) is 0 Å². The Hall–Kier alpha value is -3.89. The van der Waals surface area contributed by atoms with Gasteiger partial charge in [0.15, 0.2) is 0 Å². The minimum Gasteiger partial charge on any atom is -0.444 e. The van der Waals surface area contributed by atoms with Crippen LogP contribution in [0.5, 0.6) is 0 Å². The first-order valence-electron chi connectivity index (χ1n) is 17.2. The van der Waals surface area contributed by atoms with Crippen molar-refractivity contribution in [2.75, 3.05) is 19.8 Å². The van der Waals surface area contributed by atoms with Gasteiger partial charge in [-0.15, -0.1) is 0 Å². The van der Waals surface area contributed by atoms with Gasteiger partial charge in [0.05, 0.1) is 24.9 Å². The van der Waals surface area contributed by atoms with E-state index in [9.17, 15) is 32.4 Å². The average molecular weight is 750 g/mol. The summed E-state index contributed by atoms with van der Waals surface area (Å²) in [4.78, 5) is 70.9. The van der Waals surface area contributed by atoms with Crippen LogP contribution >= 0.6 is 11.6 Å². The molecule has 5 aliphatic rings. The van der Waals surface area contributed by atoms with Gasteiger partial charge in [-0.3, -0.25) is 24.0 Å². The lowest BCUT2D eigenvalue weighted by atomic mass is 10.1. The third kappa shape index (κ3) is 8.44. The molecule has 0 bridgehead atoms. The highest BCUT2D eigenvalue weighted by Crippen LogP contribution is 2.46. The quantitative estimate of drug-likeness (QED) is 0.378. The normalized spacial score (nSPS) is 28.9. The summed E-state index contributed by atoms with van der Waals surface area (Å²) >= 11 is 6.34. The van der Waals surface area contributed by atoms with Crippen LogP contribution in [0.2, 0.25) is 5.02 Å². The van der Waals surface area contributed by atoms with Crippen LogP contribution in [-0.2, 0) is 51.7 Å². The zero-order chi connectivity index (χ0) is 36.7. The summed E-state index contributed by atoms with van der Waals surface area (Å²) in [6, 6.07) is 3.06. The number of nitrogens with zero attached hydrogens (tertiary/aromatic N) is 2. The second kappa shape index (κ2) is 14.3. The third-order valence-corrected chi connectivity index (χ3v) is 11.8. The predicted octanol–water partition coefficient (Wildman–Crippen LogP) is 2.50. The monoisotopic (exact) mass is 749 g/mol. The SMILES string of the molecule is CC(C)(C)OC(=O)N[C@H]1CCCOC/C=C\[C@H]2C[C@@]2(C(=O)NS(=O)(=O)C2CC2)NC(=O)[C@@H]2C[C@@H](OC(=O)N3Cc4cccc(Cl)c4C3)CN2C1=O. The fraction of sp³-hybridized carbons (Fsp3) is 0.618. The Balaban J connectivity index is 1.25. The van der Waals surface area contributed by atoms with Crippen molar-refractivity contribution in [2.24, 2.45) is 5.92 Å². The van der Waals surface area contributed by atoms with Gasteiger partial charge >= 0.3 is 12.2 Å². The van der Waals surface area contributed by atoms with E-state index in [1.54, 1.807) is 45.1 Å². The second-order valence-corrected chi connectivity index (χ2v) is 17.1. The number of nitrogens with one attached hydrogen (secondary N) is 3. The first-order valence-corrected chi connectivity index (χ1v) is 19.1. The third-order valence-electron chi connectivity index (χ3n) is 9.62. The van der Waals surface area contributed by atoms with Crippen LogP contribution in [0.15, 0.2) is 30.4 Å². The molecule has 0 spiro atoms. The maximum Gasteiger partial charge on any atom is 0.410 e. The van der Waals surface area contributed by atoms with E-state index in [2.05, 4.69) is 15.4 Å². The molecule has 6 rings (SSSR count). The highest BCUT2D eigenvalue weighted by atomic mass is 35.5. The van der Waals surface area contributed by atoms with Crippen LogP contribution in [0.1, 0.15) is 70.4 Å². The largest absolute Gasteiger partial charge is 0.444 e. The van der Waals surface area contributed by atoms with E-state index in [1.165, 1.54) is 9.80 Å². The molecule has 2 aliphatic carbocycles. The fourth-order valence-electron chi connectivity index (χ4n) is 6.74. The molecule has 5 amide bonds. The smallest absolute Gasteiger partial charge is 0.410 e. The molecule has 1 saturated heterocycles. The molecule has 51 heavy (non-hydrogen) atoms. The van der Waals surface area contributed by atoms with Crippen molar-refractivity contribution in [3.05, 3.63) is 46.5 Å². The highest BCUT2D eigenvalue weighted by Gasteiger charge is 2.62. The van der Waals surface area contributed by atoms with Gasteiger partial charge in [0, 0.05) is 30.5 Å². The number of benzene rings is 1. The Morgan fingerprint density at radius 2 is 1.88 bits per heavy atom. The Morgan fingerprint density at radius 3 is 2.59 bits per heavy atom. The standard InChI is InChI=1S/C34H44ClN5O10S/c1-33(2,3)50-31(44)36-26-10-6-14-48-13-5-8-21-16-34(21,30(43)38-51(46,47)23-11-12-23)37-28(41)27-15-22(18-40(27)29(26)42)49-32(45)39-17-20-7-4-9-25(35)24(20)19-39/h4-5,7-9,21-23,26-27H,6,10-19H2,1-3H3,(H,36,44)(H,37,41)(H,38,43)/b8-5-/t21-,22+,26-,27-,34+/m0/s1. The van der Waals surface area contributed by atoms with E-state index >= 15 is 0 Å². The van der Waals surface area contributed by atoms with Gasteiger partial charge in [-0.25, -0.2) is 18.0 Å². The van der Waals surface area contributed by atoms with Gasteiger partial charge in [0.25, 0.3) is 5.91 Å². The number of carbonyl (C=O) groups is 5. The summed E-state index contributed by atoms with van der Waals surface area (Å²) in [5, 5.41) is 5.26. The van der Waals surface area contributed by atoms with Crippen LogP contribution < -0.4 is 15.4 Å². The molecule has 3 aliphatic heterocycles. The van der Waals surface area contributed by atoms with Crippen LogP contribution in [0, 0.1) is 5.92 Å². The molecule has 0 aromatic heterocycles. The lowest BCUT2D eigenvalue weighted by Crippen LogP contribution is -2.58. The number of amides is 5. The first-order chi connectivity index (χ1) is 24.1. The van der Waals surface area contributed by atoms with Crippen molar-refractivity contribution < 1.29 is 46.6 Å². The maximum atomic E-state index is 14.3. The molecular weight excluding hydrogens is 706 g/mol. The van der Waals surface area contributed by atoms with E-state index in [4.69, 9.17) is 25.8 Å². The van der Waals surface area contributed by atoms with Crippen molar-refractivity contribution in [1.82, 2.24) is 25.2 Å². The molecule has 17 heteroatoms. The Morgan fingerprint density at radius 1 is 1.12 bits per heavy atom. The molecule has 3 N–H and O–H groups in total. The first kappa shape index (κ1) is 36.9. The summed E-state index contributed by atoms with van der Waals surface area (Å²) in [6.07, 6.45) is 2.43.